The van der Waals surface area contributed by atoms with Gasteiger partial charge in [0.15, 0.2) is 0 Å². The molecule has 1 heterocycles. The van der Waals surface area contributed by atoms with Crippen LogP contribution in [-0.2, 0) is 18.3 Å². The van der Waals surface area contributed by atoms with Crippen molar-refractivity contribution in [1.82, 2.24) is 9.88 Å². The molecule has 1 fully saturated rings. The Morgan fingerprint density at radius 3 is 2.77 bits per heavy atom. The third kappa shape index (κ3) is 2.88. The lowest BCUT2D eigenvalue weighted by Gasteiger charge is -2.28. The number of nitrogens with one attached hydrogen (secondary N) is 1. The summed E-state index contributed by atoms with van der Waals surface area (Å²) in [6.45, 7) is 0.0486. The number of hydrogen-bond acceptors (Lipinski definition) is 2. The maximum absolute atomic E-state index is 12.3. The van der Waals surface area contributed by atoms with Gasteiger partial charge in [-0.05, 0) is 30.9 Å². The number of amides is 1. The summed E-state index contributed by atoms with van der Waals surface area (Å²) < 4.78 is 2.11. The van der Waals surface area contributed by atoms with Crippen LogP contribution in [0.25, 0.3) is 10.9 Å². The Kier molecular flexibility index (Phi) is 4.21. The third-order valence-corrected chi connectivity index (χ3v) is 4.87. The number of carbonyl (C=O) groups is 1. The second-order valence-corrected chi connectivity index (χ2v) is 6.48. The number of rotatable bonds is 5. The SMILES string of the molecule is Cn1cc(CCC(=O)NC2(CO)CCCC2)c2ccccc21. The zero-order chi connectivity index (χ0) is 15.6. The molecular weight excluding hydrogens is 276 g/mol. The Morgan fingerprint density at radius 2 is 2.05 bits per heavy atom. The summed E-state index contributed by atoms with van der Waals surface area (Å²) >= 11 is 0. The molecule has 1 saturated carbocycles. The molecule has 0 bridgehead atoms. The van der Waals surface area contributed by atoms with E-state index < -0.39 is 0 Å². The van der Waals surface area contributed by atoms with Gasteiger partial charge in [0.25, 0.3) is 0 Å². The molecule has 22 heavy (non-hydrogen) atoms. The van der Waals surface area contributed by atoms with E-state index in [2.05, 4.69) is 28.2 Å². The van der Waals surface area contributed by atoms with Gasteiger partial charge in [-0.1, -0.05) is 31.0 Å². The molecule has 1 aliphatic carbocycles. The van der Waals surface area contributed by atoms with E-state index in [0.717, 1.165) is 32.1 Å². The van der Waals surface area contributed by atoms with Gasteiger partial charge in [-0.15, -0.1) is 0 Å². The predicted molar refractivity (Wildman–Crippen MR) is 87.7 cm³/mol. The molecule has 1 aromatic carbocycles. The molecule has 0 aliphatic heterocycles. The van der Waals surface area contributed by atoms with E-state index >= 15 is 0 Å². The minimum atomic E-state index is -0.365. The van der Waals surface area contributed by atoms with Gasteiger partial charge in [0.05, 0.1) is 12.1 Å². The largest absolute Gasteiger partial charge is 0.394 e. The van der Waals surface area contributed by atoms with Gasteiger partial charge in [-0.2, -0.15) is 0 Å². The van der Waals surface area contributed by atoms with Crippen LogP contribution in [-0.4, -0.2) is 27.7 Å². The smallest absolute Gasteiger partial charge is 0.220 e. The van der Waals surface area contributed by atoms with Crippen molar-refractivity contribution in [3.05, 3.63) is 36.0 Å². The average Bonchev–Trinajstić information content (AvgIpc) is 3.12. The molecule has 2 aromatic rings. The van der Waals surface area contributed by atoms with E-state index in [4.69, 9.17) is 0 Å². The van der Waals surface area contributed by atoms with Crippen molar-refractivity contribution in [3.63, 3.8) is 0 Å². The summed E-state index contributed by atoms with van der Waals surface area (Å²) in [5, 5.41) is 13.9. The summed E-state index contributed by atoms with van der Waals surface area (Å²) in [7, 11) is 2.03. The lowest BCUT2D eigenvalue weighted by molar-refractivity contribution is -0.123. The van der Waals surface area contributed by atoms with Gasteiger partial charge in [0.2, 0.25) is 5.91 Å². The summed E-state index contributed by atoms with van der Waals surface area (Å²) in [5.74, 6) is 0.0453. The maximum Gasteiger partial charge on any atom is 0.220 e. The highest BCUT2D eigenvalue weighted by molar-refractivity contribution is 5.85. The minimum absolute atomic E-state index is 0.0453. The molecular formula is C18H24N2O2. The van der Waals surface area contributed by atoms with E-state index in [0.29, 0.717) is 6.42 Å². The van der Waals surface area contributed by atoms with Crippen LogP contribution in [0.4, 0.5) is 0 Å². The van der Waals surface area contributed by atoms with Crippen LogP contribution >= 0.6 is 0 Å². The fourth-order valence-electron chi connectivity index (χ4n) is 3.61. The van der Waals surface area contributed by atoms with Crippen molar-refractivity contribution in [1.29, 1.82) is 0 Å². The molecule has 4 heteroatoms. The van der Waals surface area contributed by atoms with Crippen LogP contribution in [0.15, 0.2) is 30.5 Å². The number of aliphatic hydroxyl groups is 1. The minimum Gasteiger partial charge on any atom is -0.394 e. The van der Waals surface area contributed by atoms with Gasteiger partial charge in [0.1, 0.15) is 0 Å². The van der Waals surface area contributed by atoms with Crippen molar-refractivity contribution in [2.24, 2.45) is 7.05 Å². The Bertz CT molecular complexity index is 669. The molecule has 2 N–H and O–H groups in total. The van der Waals surface area contributed by atoms with Gasteiger partial charge in [-0.25, -0.2) is 0 Å². The molecule has 0 spiro atoms. The number of nitrogens with zero attached hydrogens (tertiary/aromatic N) is 1. The molecule has 1 aromatic heterocycles. The van der Waals surface area contributed by atoms with Gasteiger partial charge < -0.3 is 15.0 Å². The highest BCUT2D eigenvalue weighted by Crippen LogP contribution is 2.29. The lowest BCUT2D eigenvalue weighted by Crippen LogP contribution is -2.49. The third-order valence-electron chi connectivity index (χ3n) is 4.87. The first-order chi connectivity index (χ1) is 10.6. The Labute approximate surface area is 131 Å². The number of aliphatic hydroxyl groups excluding tert-OH is 1. The predicted octanol–water partition coefficient (Wildman–Crippen LogP) is 2.53. The normalized spacial score (nSPS) is 17.0. The molecule has 118 valence electrons. The van der Waals surface area contributed by atoms with Gasteiger partial charge in [0, 0.05) is 30.6 Å². The quantitative estimate of drug-likeness (QED) is 0.891. The molecule has 0 radical (unpaired) electrons. The molecule has 0 unspecified atom stereocenters. The van der Waals surface area contributed by atoms with Crippen LogP contribution < -0.4 is 5.32 Å². The first-order valence-electron chi connectivity index (χ1n) is 8.08. The second-order valence-electron chi connectivity index (χ2n) is 6.48. The first kappa shape index (κ1) is 15.1. The van der Waals surface area contributed by atoms with E-state index in [-0.39, 0.29) is 18.1 Å². The molecule has 0 saturated heterocycles. The zero-order valence-corrected chi connectivity index (χ0v) is 13.1. The summed E-state index contributed by atoms with van der Waals surface area (Å²) in [5.41, 5.74) is 2.04. The number of aryl methyl sites for hydroxylation is 2. The van der Waals surface area contributed by atoms with Crippen LogP contribution in [0.1, 0.15) is 37.7 Å². The van der Waals surface area contributed by atoms with E-state index in [1.807, 2.05) is 19.2 Å². The molecule has 3 rings (SSSR count). The number of aromatic nitrogens is 1. The molecule has 0 atom stereocenters. The van der Waals surface area contributed by atoms with E-state index in [1.165, 1.54) is 16.5 Å². The monoisotopic (exact) mass is 300 g/mol. The summed E-state index contributed by atoms with van der Waals surface area (Å²) in [6, 6.07) is 8.27. The maximum atomic E-state index is 12.3. The Balaban J connectivity index is 1.65. The van der Waals surface area contributed by atoms with E-state index in [9.17, 15) is 9.90 Å². The van der Waals surface area contributed by atoms with Crippen molar-refractivity contribution in [2.75, 3.05) is 6.61 Å². The van der Waals surface area contributed by atoms with Crippen molar-refractivity contribution in [2.45, 2.75) is 44.1 Å². The van der Waals surface area contributed by atoms with E-state index in [1.54, 1.807) is 0 Å². The van der Waals surface area contributed by atoms with Gasteiger partial charge in [-0.3, -0.25) is 4.79 Å². The molecule has 1 aliphatic rings. The topological polar surface area (TPSA) is 54.3 Å². The number of para-hydroxylation sites is 1. The highest BCUT2D eigenvalue weighted by Gasteiger charge is 2.34. The summed E-state index contributed by atoms with van der Waals surface area (Å²) in [6.07, 6.45) is 7.27. The van der Waals surface area contributed by atoms with Crippen LogP contribution in [0.3, 0.4) is 0 Å². The van der Waals surface area contributed by atoms with Crippen LogP contribution in [0.5, 0.6) is 0 Å². The molecule has 4 nitrogen and oxygen atoms in total. The molecule has 1 amide bonds. The van der Waals surface area contributed by atoms with Crippen LogP contribution in [0, 0.1) is 0 Å². The number of benzene rings is 1. The number of hydrogen-bond donors (Lipinski definition) is 2. The Hall–Kier alpha value is -1.81. The number of carbonyl (C=O) groups excluding carboxylic acids is 1. The average molecular weight is 300 g/mol. The summed E-state index contributed by atoms with van der Waals surface area (Å²) in [4.78, 5) is 12.3. The van der Waals surface area contributed by atoms with Crippen LogP contribution in [0.2, 0.25) is 0 Å². The fourth-order valence-corrected chi connectivity index (χ4v) is 3.61. The van der Waals surface area contributed by atoms with Crippen molar-refractivity contribution >= 4 is 16.8 Å². The first-order valence-corrected chi connectivity index (χ1v) is 8.08. The van der Waals surface area contributed by atoms with Crippen molar-refractivity contribution in [3.8, 4) is 0 Å². The highest BCUT2D eigenvalue weighted by atomic mass is 16.3. The van der Waals surface area contributed by atoms with Crippen molar-refractivity contribution < 1.29 is 9.90 Å². The fraction of sp³-hybridized carbons (Fsp3) is 0.500. The Morgan fingerprint density at radius 1 is 1.32 bits per heavy atom. The second kappa shape index (κ2) is 6.13. The van der Waals surface area contributed by atoms with Gasteiger partial charge >= 0.3 is 0 Å². The number of fused-ring (bicyclic) bond motifs is 1. The standard InChI is InChI=1S/C18H24N2O2/c1-20-12-14(15-6-2-3-7-16(15)20)8-9-17(22)19-18(13-21)10-4-5-11-18/h2-3,6-7,12,21H,4-5,8-11,13H2,1H3,(H,19,22). The zero-order valence-electron chi connectivity index (χ0n) is 13.1. The lowest BCUT2D eigenvalue weighted by atomic mass is 9.98.